The Morgan fingerprint density at radius 1 is 0.892 bits per heavy atom. The molecule has 37 heavy (non-hydrogen) atoms. The predicted octanol–water partition coefficient (Wildman–Crippen LogP) is -0.877. The van der Waals surface area contributed by atoms with Gasteiger partial charge in [-0.3, -0.25) is 14.4 Å². The van der Waals surface area contributed by atoms with Crippen molar-refractivity contribution in [3.8, 4) is 0 Å². The van der Waals surface area contributed by atoms with Crippen LogP contribution in [0.2, 0.25) is 0 Å². The first-order chi connectivity index (χ1) is 17.6. The average Bonchev–Trinajstić information content (AvgIpc) is 3.35. The number of rotatable bonds is 19. The van der Waals surface area contributed by atoms with Crippen LogP contribution in [0.3, 0.4) is 0 Å². The number of H-pyrrole nitrogens is 1. The van der Waals surface area contributed by atoms with Crippen LogP contribution >= 0.6 is 0 Å². The number of nitrogens with two attached hydrogens (primary N) is 3. The van der Waals surface area contributed by atoms with Crippen molar-refractivity contribution in [3.05, 3.63) is 18.2 Å². The van der Waals surface area contributed by atoms with Crippen LogP contribution in [-0.2, 0) is 25.6 Å². The number of aliphatic carboxylic acids is 1. The highest BCUT2D eigenvalue weighted by atomic mass is 16.4. The fourth-order valence-electron chi connectivity index (χ4n) is 3.74. The van der Waals surface area contributed by atoms with Gasteiger partial charge in [-0.25, -0.2) is 9.78 Å². The van der Waals surface area contributed by atoms with E-state index in [1.807, 2.05) is 13.8 Å². The van der Waals surface area contributed by atoms with Crippen molar-refractivity contribution in [2.24, 2.45) is 23.1 Å². The molecular weight excluding hydrogens is 480 g/mol. The quantitative estimate of drug-likeness (QED) is 0.105. The van der Waals surface area contributed by atoms with E-state index < -0.39 is 47.9 Å². The van der Waals surface area contributed by atoms with Crippen molar-refractivity contribution >= 4 is 23.7 Å². The molecule has 1 rings (SSSR count). The lowest BCUT2D eigenvalue weighted by molar-refractivity contribution is -0.142. The third kappa shape index (κ3) is 12.7. The van der Waals surface area contributed by atoms with Gasteiger partial charge in [0.2, 0.25) is 17.7 Å². The van der Waals surface area contributed by atoms with Crippen molar-refractivity contribution in [2.75, 3.05) is 13.1 Å². The average molecular weight is 525 g/mol. The number of hydrogen-bond donors (Lipinski definition) is 8. The minimum atomic E-state index is -1.15. The van der Waals surface area contributed by atoms with Crippen LogP contribution in [0.4, 0.5) is 0 Å². The summed E-state index contributed by atoms with van der Waals surface area (Å²) < 4.78 is 0. The number of aromatic amines is 1. The van der Waals surface area contributed by atoms with Gasteiger partial charge in [0.1, 0.15) is 18.1 Å². The topological polar surface area (TPSA) is 231 Å². The molecule has 11 N–H and O–H groups in total. The highest BCUT2D eigenvalue weighted by Gasteiger charge is 2.30. The van der Waals surface area contributed by atoms with Gasteiger partial charge in [0.15, 0.2) is 0 Å². The molecule has 0 aromatic carbocycles. The molecule has 0 aliphatic carbocycles. The smallest absolute Gasteiger partial charge is 0.326 e. The summed E-state index contributed by atoms with van der Waals surface area (Å²) in [4.78, 5) is 57.5. The minimum Gasteiger partial charge on any atom is -0.480 e. The molecule has 4 atom stereocenters. The van der Waals surface area contributed by atoms with E-state index in [1.54, 1.807) is 0 Å². The molecule has 3 amide bonds. The Bertz CT molecular complexity index is 833. The van der Waals surface area contributed by atoms with Gasteiger partial charge in [-0.05, 0) is 57.5 Å². The SMILES string of the molecule is CC(C)CC(NC(=O)C(CCCCN)NC(=O)C(Cc1cnc[nH]1)NC(=O)C(N)CCCCN)C(=O)O. The van der Waals surface area contributed by atoms with Crippen molar-refractivity contribution in [3.63, 3.8) is 0 Å². The van der Waals surface area contributed by atoms with Crippen molar-refractivity contribution in [2.45, 2.75) is 89.4 Å². The summed E-state index contributed by atoms with van der Waals surface area (Å²) in [6.45, 7) is 4.61. The van der Waals surface area contributed by atoms with Crippen LogP contribution < -0.4 is 33.2 Å². The first kappa shape index (κ1) is 32.0. The number of hydrogen-bond acceptors (Lipinski definition) is 8. The van der Waals surface area contributed by atoms with Crippen LogP contribution in [-0.4, -0.2) is 76.0 Å². The number of nitrogens with one attached hydrogen (secondary N) is 4. The molecule has 13 nitrogen and oxygen atoms in total. The van der Waals surface area contributed by atoms with Crippen LogP contribution in [0.25, 0.3) is 0 Å². The molecule has 210 valence electrons. The van der Waals surface area contributed by atoms with E-state index in [0.717, 1.165) is 6.42 Å². The Hall–Kier alpha value is -3.03. The zero-order chi connectivity index (χ0) is 27.8. The van der Waals surface area contributed by atoms with E-state index in [4.69, 9.17) is 17.2 Å². The minimum absolute atomic E-state index is 0.0368. The number of imidazole rings is 1. The Labute approximate surface area is 218 Å². The normalized spacial score (nSPS) is 14.4. The molecule has 13 heteroatoms. The number of unbranched alkanes of at least 4 members (excludes halogenated alkanes) is 2. The zero-order valence-electron chi connectivity index (χ0n) is 21.9. The summed E-state index contributed by atoms with van der Waals surface area (Å²) >= 11 is 0. The van der Waals surface area contributed by atoms with Gasteiger partial charge in [0.25, 0.3) is 0 Å². The fraction of sp³-hybridized carbons (Fsp3) is 0.708. The Kier molecular flexibility index (Phi) is 15.1. The molecule has 0 radical (unpaired) electrons. The van der Waals surface area contributed by atoms with Gasteiger partial charge in [-0.1, -0.05) is 20.3 Å². The summed E-state index contributed by atoms with van der Waals surface area (Å²) in [6, 6.07) is -3.95. The maximum atomic E-state index is 13.3. The molecule has 0 aliphatic heterocycles. The lowest BCUT2D eigenvalue weighted by atomic mass is 10.0. The molecule has 0 fully saturated rings. The third-order valence-electron chi connectivity index (χ3n) is 5.82. The van der Waals surface area contributed by atoms with Crippen LogP contribution in [0.5, 0.6) is 0 Å². The molecule has 0 saturated heterocycles. The number of aromatic nitrogens is 2. The summed E-state index contributed by atoms with van der Waals surface area (Å²) in [5.74, 6) is -2.82. The second kappa shape index (κ2) is 17.4. The second-order valence-corrected chi connectivity index (χ2v) is 9.61. The number of carboxylic acids is 1. The highest BCUT2D eigenvalue weighted by Crippen LogP contribution is 2.09. The predicted molar refractivity (Wildman–Crippen MR) is 139 cm³/mol. The number of carboxylic acid groups (broad SMARTS) is 1. The number of carbonyl (C=O) groups excluding carboxylic acids is 3. The lowest BCUT2D eigenvalue weighted by Crippen LogP contribution is -2.57. The maximum absolute atomic E-state index is 13.3. The van der Waals surface area contributed by atoms with E-state index in [2.05, 4.69) is 25.9 Å². The molecule has 4 unspecified atom stereocenters. The van der Waals surface area contributed by atoms with Crippen LogP contribution in [0.15, 0.2) is 12.5 Å². The first-order valence-corrected chi connectivity index (χ1v) is 12.9. The molecule has 0 saturated carbocycles. The van der Waals surface area contributed by atoms with Gasteiger partial charge in [-0.15, -0.1) is 0 Å². The molecule has 1 aromatic rings. The fourth-order valence-corrected chi connectivity index (χ4v) is 3.74. The monoisotopic (exact) mass is 524 g/mol. The van der Waals surface area contributed by atoms with Crippen molar-refractivity contribution in [1.29, 1.82) is 0 Å². The molecular formula is C24H44N8O5. The van der Waals surface area contributed by atoms with E-state index >= 15 is 0 Å². The largest absolute Gasteiger partial charge is 0.480 e. The molecule has 1 aromatic heterocycles. The Morgan fingerprint density at radius 2 is 1.46 bits per heavy atom. The lowest BCUT2D eigenvalue weighted by Gasteiger charge is -2.25. The van der Waals surface area contributed by atoms with Gasteiger partial charge in [0, 0.05) is 18.3 Å². The molecule has 1 heterocycles. The Balaban J connectivity index is 3.01. The van der Waals surface area contributed by atoms with Crippen molar-refractivity contribution < 1.29 is 24.3 Å². The highest BCUT2D eigenvalue weighted by molar-refractivity contribution is 5.94. The van der Waals surface area contributed by atoms with Gasteiger partial charge >= 0.3 is 5.97 Å². The maximum Gasteiger partial charge on any atom is 0.326 e. The summed E-state index contributed by atoms with van der Waals surface area (Å²) in [5, 5.41) is 17.4. The Morgan fingerprint density at radius 3 is 2.00 bits per heavy atom. The van der Waals surface area contributed by atoms with E-state index in [-0.39, 0.29) is 25.2 Å². The molecule has 0 bridgehead atoms. The number of nitrogens with zero attached hydrogens (tertiary/aromatic N) is 1. The summed E-state index contributed by atoms with van der Waals surface area (Å²) in [7, 11) is 0. The van der Waals surface area contributed by atoms with E-state index in [9.17, 15) is 24.3 Å². The molecule has 0 spiro atoms. The van der Waals surface area contributed by atoms with Gasteiger partial charge < -0.3 is 43.2 Å². The standard InChI is InChI=1S/C24H44N8O5/c1-15(2)11-20(24(36)37)32-22(34)18(8-4-6-10-26)30-23(35)19(12-16-13-28-14-29-16)31-21(33)17(27)7-3-5-9-25/h13-15,17-20H,3-12,25-27H2,1-2H3,(H,28,29)(H,30,35)(H,31,33)(H,32,34)(H,36,37). The first-order valence-electron chi connectivity index (χ1n) is 12.9. The summed E-state index contributed by atoms with van der Waals surface area (Å²) in [6.07, 6.45) is 6.56. The van der Waals surface area contributed by atoms with E-state index in [1.165, 1.54) is 12.5 Å². The van der Waals surface area contributed by atoms with Gasteiger partial charge in [0.05, 0.1) is 12.4 Å². The van der Waals surface area contributed by atoms with Crippen LogP contribution in [0, 0.1) is 5.92 Å². The van der Waals surface area contributed by atoms with Crippen molar-refractivity contribution in [1.82, 2.24) is 25.9 Å². The second-order valence-electron chi connectivity index (χ2n) is 9.61. The zero-order valence-corrected chi connectivity index (χ0v) is 21.9. The summed E-state index contributed by atoms with van der Waals surface area (Å²) in [5.41, 5.74) is 17.7. The molecule has 0 aliphatic rings. The number of amides is 3. The number of carbonyl (C=O) groups is 4. The van der Waals surface area contributed by atoms with Crippen LogP contribution in [0.1, 0.15) is 64.5 Å². The van der Waals surface area contributed by atoms with E-state index in [0.29, 0.717) is 44.5 Å². The van der Waals surface area contributed by atoms with Gasteiger partial charge in [-0.2, -0.15) is 0 Å². The third-order valence-corrected chi connectivity index (χ3v) is 5.82.